The van der Waals surface area contributed by atoms with Gasteiger partial charge in [-0.3, -0.25) is 4.79 Å². The van der Waals surface area contributed by atoms with Crippen LogP contribution in [0.2, 0.25) is 0 Å². The number of piperidine rings is 1. The maximum atomic E-state index is 11.1. The third-order valence-electron chi connectivity index (χ3n) is 4.11. The van der Waals surface area contributed by atoms with Gasteiger partial charge in [0.05, 0.1) is 6.10 Å². The molecule has 1 heterocycles. The smallest absolute Gasteiger partial charge is 0.220 e. The summed E-state index contributed by atoms with van der Waals surface area (Å²) in [5, 5.41) is 9.46. The molecule has 2 aliphatic rings. The molecule has 0 atom stereocenters. The first-order chi connectivity index (χ1) is 7.66. The first-order valence-electron chi connectivity index (χ1n) is 6.38. The molecule has 0 spiro atoms. The fraction of sp³-hybridized carbons (Fsp3) is 0.917. The molecule has 0 aromatic heterocycles. The molecule has 1 saturated heterocycles. The number of nitrogens with two attached hydrogens (primary N) is 1. The molecular weight excluding hydrogens is 204 g/mol. The van der Waals surface area contributed by atoms with E-state index in [1.807, 2.05) is 0 Å². The van der Waals surface area contributed by atoms with Crippen LogP contribution in [0.4, 0.5) is 0 Å². The summed E-state index contributed by atoms with van der Waals surface area (Å²) in [6, 6.07) is 0.622. The summed E-state index contributed by atoms with van der Waals surface area (Å²) >= 11 is 0. The number of amides is 1. The predicted molar refractivity (Wildman–Crippen MR) is 61.8 cm³/mol. The number of rotatable bonds is 2. The normalized spacial score (nSPS) is 33.8. The molecule has 0 unspecified atom stereocenters. The minimum Gasteiger partial charge on any atom is -0.393 e. The number of nitrogens with zero attached hydrogens (tertiary/aromatic N) is 1. The average Bonchev–Trinajstić information content (AvgIpc) is 2.30. The third-order valence-corrected chi connectivity index (χ3v) is 4.11. The number of likely N-dealkylation sites (tertiary alicyclic amines) is 1. The van der Waals surface area contributed by atoms with Crippen LogP contribution in [-0.4, -0.2) is 41.1 Å². The fourth-order valence-corrected chi connectivity index (χ4v) is 2.97. The monoisotopic (exact) mass is 226 g/mol. The highest BCUT2D eigenvalue weighted by molar-refractivity contribution is 5.76. The number of hydrogen-bond acceptors (Lipinski definition) is 3. The van der Waals surface area contributed by atoms with Crippen LogP contribution in [0.25, 0.3) is 0 Å². The van der Waals surface area contributed by atoms with E-state index in [2.05, 4.69) is 4.90 Å². The summed E-state index contributed by atoms with van der Waals surface area (Å²) in [7, 11) is 0. The molecule has 0 radical (unpaired) electrons. The molecule has 0 aromatic carbocycles. The van der Waals surface area contributed by atoms with Crippen LogP contribution in [0.15, 0.2) is 0 Å². The van der Waals surface area contributed by atoms with Crippen molar-refractivity contribution in [3.8, 4) is 0 Å². The molecule has 3 N–H and O–H groups in total. The molecular formula is C12H22N2O2. The highest BCUT2D eigenvalue weighted by atomic mass is 16.3. The molecule has 92 valence electrons. The van der Waals surface area contributed by atoms with Crippen molar-refractivity contribution in [1.29, 1.82) is 0 Å². The van der Waals surface area contributed by atoms with Crippen molar-refractivity contribution in [2.75, 3.05) is 13.1 Å². The van der Waals surface area contributed by atoms with Gasteiger partial charge in [0, 0.05) is 12.0 Å². The fourth-order valence-electron chi connectivity index (χ4n) is 2.97. The van der Waals surface area contributed by atoms with Crippen molar-refractivity contribution in [1.82, 2.24) is 4.90 Å². The Hall–Kier alpha value is -0.610. The van der Waals surface area contributed by atoms with Gasteiger partial charge in [0.1, 0.15) is 0 Å². The molecule has 0 aromatic rings. The van der Waals surface area contributed by atoms with Crippen molar-refractivity contribution < 1.29 is 9.90 Å². The number of primary amides is 1. The Labute approximate surface area is 96.8 Å². The van der Waals surface area contributed by atoms with Crippen LogP contribution in [0, 0.1) is 5.92 Å². The largest absolute Gasteiger partial charge is 0.393 e. The first kappa shape index (κ1) is 11.9. The van der Waals surface area contributed by atoms with Crippen LogP contribution >= 0.6 is 0 Å². The van der Waals surface area contributed by atoms with Gasteiger partial charge in [-0.25, -0.2) is 0 Å². The van der Waals surface area contributed by atoms with Crippen LogP contribution in [-0.2, 0) is 4.79 Å². The second-order valence-electron chi connectivity index (χ2n) is 5.17. The zero-order chi connectivity index (χ0) is 11.5. The first-order valence-corrected chi connectivity index (χ1v) is 6.38. The Bertz CT molecular complexity index is 241. The lowest BCUT2D eigenvalue weighted by molar-refractivity contribution is -0.123. The van der Waals surface area contributed by atoms with E-state index in [9.17, 15) is 9.90 Å². The van der Waals surface area contributed by atoms with E-state index in [1.54, 1.807) is 0 Å². The van der Waals surface area contributed by atoms with Crippen molar-refractivity contribution in [3.63, 3.8) is 0 Å². The Balaban J connectivity index is 1.78. The van der Waals surface area contributed by atoms with Crippen LogP contribution < -0.4 is 5.73 Å². The summed E-state index contributed by atoms with van der Waals surface area (Å²) in [6.45, 7) is 1.99. The van der Waals surface area contributed by atoms with Gasteiger partial charge in [-0.2, -0.15) is 0 Å². The Kier molecular flexibility index (Phi) is 3.82. The summed E-state index contributed by atoms with van der Waals surface area (Å²) in [5.41, 5.74) is 5.32. The molecule has 1 aliphatic carbocycles. The lowest BCUT2D eigenvalue weighted by atomic mass is 9.89. The van der Waals surface area contributed by atoms with Crippen molar-refractivity contribution in [3.05, 3.63) is 0 Å². The number of aliphatic hydroxyl groups excluding tert-OH is 1. The molecule has 4 heteroatoms. The number of carbonyl (C=O) groups excluding carboxylic acids is 1. The number of carbonyl (C=O) groups is 1. The van der Waals surface area contributed by atoms with Gasteiger partial charge in [0.15, 0.2) is 0 Å². The molecule has 1 aliphatic heterocycles. The third kappa shape index (κ3) is 2.74. The molecule has 1 amide bonds. The maximum Gasteiger partial charge on any atom is 0.220 e. The Morgan fingerprint density at radius 2 is 1.62 bits per heavy atom. The van der Waals surface area contributed by atoms with Crippen LogP contribution in [0.5, 0.6) is 0 Å². The lowest BCUT2D eigenvalue weighted by Crippen LogP contribution is -2.45. The van der Waals surface area contributed by atoms with E-state index in [1.165, 1.54) is 0 Å². The van der Waals surface area contributed by atoms with Crippen LogP contribution in [0.1, 0.15) is 38.5 Å². The van der Waals surface area contributed by atoms with Crippen molar-refractivity contribution in [2.45, 2.75) is 50.7 Å². The summed E-state index contributed by atoms with van der Waals surface area (Å²) in [4.78, 5) is 13.5. The Morgan fingerprint density at radius 1 is 1.06 bits per heavy atom. The molecule has 1 saturated carbocycles. The molecule has 0 bridgehead atoms. The highest BCUT2D eigenvalue weighted by Crippen LogP contribution is 2.27. The standard InChI is InChI=1S/C12H22N2O2/c13-12(16)9-5-7-14(8-6-9)10-1-3-11(15)4-2-10/h9-11,15H,1-8H2,(H2,13,16). The van der Waals surface area contributed by atoms with Gasteiger partial charge >= 0.3 is 0 Å². The number of hydrogen-bond donors (Lipinski definition) is 2. The second-order valence-corrected chi connectivity index (χ2v) is 5.17. The van der Waals surface area contributed by atoms with E-state index < -0.39 is 0 Å². The van der Waals surface area contributed by atoms with Crippen LogP contribution in [0.3, 0.4) is 0 Å². The minimum atomic E-state index is -0.140. The summed E-state index contributed by atoms with van der Waals surface area (Å²) in [5.74, 6) is -0.0517. The van der Waals surface area contributed by atoms with Gasteiger partial charge in [-0.1, -0.05) is 0 Å². The predicted octanol–water partition coefficient (Wildman–Crippen LogP) is 0.487. The van der Waals surface area contributed by atoms with Crippen molar-refractivity contribution >= 4 is 5.91 Å². The lowest BCUT2D eigenvalue weighted by Gasteiger charge is -2.39. The zero-order valence-electron chi connectivity index (χ0n) is 9.77. The topological polar surface area (TPSA) is 66.6 Å². The van der Waals surface area contributed by atoms with E-state index in [0.717, 1.165) is 51.6 Å². The van der Waals surface area contributed by atoms with E-state index in [0.29, 0.717) is 6.04 Å². The zero-order valence-corrected chi connectivity index (χ0v) is 9.77. The maximum absolute atomic E-state index is 11.1. The summed E-state index contributed by atoms with van der Waals surface area (Å²) in [6.07, 6.45) is 5.80. The van der Waals surface area contributed by atoms with Gasteiger partial charge < -0.3 is 15.7 Å². The SMILES string of the molecule is NC(=O)C1CCN(C2CCC(O)CC2)CC1. The quantitative estimate of drug-likeness (QED) is 0.720. The van der Waals surface area contributed by atoms with Gasteiger partial charge in [-0.15, -0.1) is 0 Å². The second kappa shape index (κ2) is 5.15. The van der Waals surface area contributed by atoms with E-state index in [-0.39, 0.29) is 17.9 Å². The van der Waals surface area contributed by atoms with Crippen molar-refractivity contribution in [2.24, 2.45) is 11.7 Å². The molecule has 2 rings (SSSR count). The minimum absolute atomic E-state index is 0.0839. The van der Waals surface area contributed by atoms with Gasteiger partial charge in [0.25, 0.3) is 0 Å². The molecule has 2 fully saturated rings. The number of aliphatic hydroxyl groups is 1. The van der Waals surface area contributed by atoms with E-state index >= 15 is 0 Å². The molecule has 4 nitrogen and oxygen atoms in total. The highest BCUT2D eigenvalue weighted by Gasteiger charge is 2.29. The van der Waals surface area contributed by atoms with E-state index in [4.69, 9.17) is 5.73 Å². The van der Waals surface area contributed by atoms with Gasteiger partial charge in [0.2, 0.25) is 5.91 Å². The average molecular weight is 226 g/mol. The summed E-state index contributed by atoms with van der Waals surface area (Å²) < 4.78 is 0. The Morgan fingerprint density at radius 3 is 2.12 bits per heavy atom. The molecule has 16 heavy (non-hydrogen) atoms. The van der Waals surface area contributed by atoms with Gasteiger partial charge in [-0.05, 0) is 51.6 Å².